The molecule has 0 aliphatic carbocycles. The van der Waals surface area contributed by atoms with Crippen LogP contribution in [0, 0.1) is 6.92 Å². The van der Waals surface area contributed by atoms with Crippen LogP contribution >= 0.6 is 11.3 Å². The Morgan fingerprint density at radius 1 is 1.24 bits per heavy atom. The number of carbonyl (C=O) groups is 1. The van der Waals surface area contributed by atoms with Gasteiger partial charge in [0.05, 0.1) is 20.8 Å². The van der Waals surface area contributed by atoms with Gasteiger partial charge in [0.15, 0.2) is 0 Å². The normalized spacial score (nSPS) is 11.1. The van der Waals surface area contributed by atoms with Crippen molar-refractivity contribution in [2.24, 2.45) is 0 Å². The highest BCUT2D eigenvalue weighted by atomic mass is 32.1. The minimum absolute atomic E-state index is 0.0549. The number of thiophene rings is 1. The van der Waals surface area contributed by atoms with E-state index in [9.17, 15) is 4.79 Å². The highest BCUT2D eigenvalue weighted by Gasteiger charge is 2.13. The lowest BCUT2D eigenvalue weighted by molar-refractivity contribution is 0.0960. The van der Waals surface area contributed by atoms with E-state index in [-0.39, 0.29) is 5.91 Å². The fourth-order valence-electron chi connectivity index (χ4n) is 2.91. The molecule has 0 saturated carbocycles. The lowest BCUT2D eigenvalue weighted by Gasteiger charge is -2.07. The number of anilines is 2. The number of nitrogens with one attached hydrogen (secondary N) is 3. The number of amides is 1. The van der Waals surface area contributed by atoms with Gasteiger partial charge in [0, 0.05) is 35.0 Å². The third-order valence-corrected chi connectivity index (χ3v) is 5.16. The third-order valence-electron chi connectivity index (χ3n) is 4.01. The maximum atomic E-state index is 12.1. The van der Waals surface area contributed by atoms with Gasteiger partial charge < -0.3 is 15.6 Å². The molecule has 0 radical (unpaired) electrons. The molecule has 3 aromatic heterocycles. The van der Waals surface area contributed by atoms with Crippen LogP contribution in [0.5, 0.6) is 0 Å². The zero-order valence-electron chi connectivity index (χ0n) is 14.0. The van der Waals surface area contributed by atoms with Gasteiger partial charge in [-0.15, -0.1) is 11.3 Å². The second-order valence-corrected chi connectivity index (χ2v) is 6.97. The summed E-state index contributed by atoms with van der Waals surface area (Å²) in [6, 6.07) is 12.1. The first-order chi connectivity index (χ1) is 12.1. The molecule has 0 saturated heterocycles. The molecule has 3 heterocycles. The summed E-state index contributed by atoms with van der Waals surface area (Å²) in [5.74, 6) is -0.0549. The van der Waals surface area contributed by atoms with Crippen LogP contribution in [0.15, 0.2) is 42.6 Å². The summed E-state index contributed by atoms with van der Waals surface area (Å²) < 4.78 is 0.981. The molecule has 25 heavy (non-hydrogen) atoms. The summed E-state index contributed by atoms with van der Waals surface area (Å²) in [6.45, 7) is 4.57. The Morgan fingerprint density at radius 2 is 2.12 bits per heavy atom. The zero-order chi connectivity index (χ0) is 17.4. The number of hydrogen-bond acceptors (Lipinski definition) is 4. The van der Waals surface area contributed by atoms with Crippen molar-refractivity contribution in [3.05, 3.63) is 53.2 Å². The van der Waals surface area contributed by atoms with E-state index in [2.05, 4.69) is 38.8 Å². The molecule has 0 unspecified atom stereocenters. The summed E-state index contributed by atoms with van der Waals surface area (Å²) in [6.07, 6.45) is 1.76. The number of H-pyrrole nitrogens is 1. The number of pyridine rings is 1. The molecular formula is C19H18N4OS. The van der Waals surface area contributed by atoms with Gasteiger partial charge in [-0.05, 0) is 50.2 Å². The summed E-state index contributed by atoms with van der Waals surface area (Å²) >= 11 is 1.46. The van der Waals surface area contributed by atoms with Gasteiger partial charge in [-0.3, -0.25) is 9.78 Å². The lowest BCUT2D eigenvalue weighted by atomic mass is 10.2. The van der Waals surface area contributed by atoms with Crippen LogP contribution in [-0.4, -0.2) is 22.4 Å². The molecule has 126 valence electrons. The molecule has 1 amide bonds. The van der Waals surface area contributed by atoms with Crippen LogP contribution in [0.1, 0.15) is 22.3 Å². The Hall–Kier alpha value is -2.86. The largest absolute Gasteiger partial charge is 0.359 e. The monoisotopic (exact) mass is 350 g/mol. The molecule has 6 heteroatoms. The second kappa shape index (κ2) is 6.22. The SMILES string of the molecule is CCNC(=O)c1cc2nccc(Nc3ccc4[nH]c(C)cc4c3)c2s1. The molecule has 0 atom stereocenters. The molecule has 4 aromatic rings. The van der Waals surface area contributed by atoms with E-state index in [1.807, 2.05) is 32.0 Å². The van der Waals surface area contributed by atoms with Crippen molar-refractivity contribution in [2.45, 2.75) is 13.8 Å². The summed E-state index contributed by atoms with van der Waals surface area (Å²) in [7, 11) is 0. The number of aromatic nitrogens is 2. The number of rotatable bonds is 4. The molecule has 5 nitrogen and oxygen atoms in total. The standard InChI is InChI=1S/C19H18N4OS/c1-3-20-19(24)17-10-16-18(25-17)15(6-7-21-16)23-13-4-5-14-12(9-13)8-11(2)22-14/h4-10,22H,3H2,1-2H3,(H,20,24)(H,21,23). The summed E-state index contributed by atoms with van der Waals surface area (Å²) in [5, 5.41) is 7.46. The number of fused-ring (bicyclic) bond motifs is 2. The number of hydrogen-bond donors (Lipinski definition) is 3. The fraction of sp³-hybridized carbons (Fsp3) is 0.158. The van der Waals surface area contributed by atoms with E-state index >= 15 is 0 Å². The Morgan fingerprint density at radius 3 is 2.96 bits per heavy atom. The molecule has 0 bridgehead atoms. The van der Waals surface area contributed by atoms with Gasteiger partial charge in [0.2, 0.25) is 0 Å². The Bertz CT molecular complexity index is 1080. The smallest absolute Gasteiger partial charge is 0.261 e. The third kappa shape index (κ3) is 2.96. The van der Waals surface area contributed by atoms with E-state index in [0.29, 0.717) is 11.4 Å². The molecule has 0 spiro atoms. The van der Waals surface area contributed by atoms with Crippen molar-refractivity contribution in [1.82, 2.24) is 15.3 Å². The number of nitrogens with zero attached hydrogens (tertiary/aromatic N) is 1. The topological polar surface area (TPSA) is 69.8 Å². The van der Waals surface area contributed by atoms with Crippen LogP contribution < -0.4 is 10.6 Å². The molecular weight excluding hydrogens is 332 g/mol. The van der Waals surface area contributed by atoms with Crippen molar-refractivity contribution in [1.29, 1.82) is 0 Å². The predicted octanol–water partition coefficient (Wildman–Crippen LogP) is 4.58. The van der Waals surface area contributed by atoms with Crippen molar-refractivity contribution < 1.29 is 4.79 Å². The average molecular weight is 350 g/mol. The Labute approximate surface area is 149 Å². The van der Waals surface area contributed by atoms with E-state index < -0.39 is 0 Å². The minimum Gasteiger partial charge on any atom is -0.359 e. The van der Waals surface area contributed by atoms with E-state index in [1.165, 1.54) is 16.7 Å². The van der Waals surface area contributed by atoms with Gasteiger partial charge in [-0.25, -0.2) is 0 Å². The van der Waals surface area contributed by atoms with E-state index in [0.717, 1.165) is 32.8 Å². The maximum absolute atomic E-state index is 12.1. The number of carbonyl (C=O) groups excluding carboxylic acids is 1. The molecule has 0 aliphatic rings. The predicted molar refractivity (Wildman–Crippen MR) is 104 cm³/mol. The number of aryl methyl sites for hydroxylation is 1. The summed E-state index contributed by atoms with van der Waals surface area (Å²) in [5.41, 5.74) is 5.06. The quantitative estimate of drug-likeness (QED) is 0.504. The first-order valence-corrected chi connectivity index (χ1v) is 8.99. The van der Waals surface area contributed by atoms with Crippen LogP contribution in [0.25, 0.3) is 21.1 Å². The first-order valence-electron chi connectivity index (χ1n) is 8.17. The van der Waals surface area contributed by atoms with Crippen molar-refractivity contribution >= 4 is 49.7 Å². The fourth-order valence-corrected chi connectivity index (χ4v) is 3.91. The van der Waals surface area contributed by atoms with Crippen molar-refractivity contribution in [2.75, 3.05) is 11.9 Å². The van der Waals surface area contributed by atoms with Crippen molar-refractivity contribution in [3.8, 4) is 0 Å². The molecule has 1 aromatic carbocycles. The molecule has 3 N–H and O–H groups in total. The van der Waals surface area contributed by atoms with E-state index in [1.54, 1.807) is 6.20 Å². The van der Waals surface area contributed by atoms with Crippen molar-refractivity contribution in [3.63, 3.8) is 0 Å². The van der Waals surface area contributed by atoms with Crippen LogP contribution in [0.2, 0.25) is 0 Å². The van der Waals surface area contributed by atoms with Gasteiger partial charge in [0.1, 0.15) is 0 Å². The van der Waals surface area contributed by atoms with E-state index in [4.69, 9.17) is 0 Å². The number of aromatic amines is 1. The highest BCUT2D eigenvalue weighted by Crippen LogP contribution is 2.33. The Kier molecular flexibility index (Phi) is 3.89. The highest BCUT2D eigenvalue weighted by molar-refractivity contribution is 7.21. The van der Waals surface area contributed by atoms with Crippen LogP contribution in [0.4, 0.5) is 11.4 Å². The van der Waals surface area contributed by atoms with Gasteiger partial charge in [0.25, 0.3) is 5.91 Å². The van der Waals surface area contributed by atoms with Crippen LogP contribution in [-0.2, 0) is 0 Å². The maximum Gasteiger partial charge on any atom is 0.261 e. The van der Waals surface area contributed by atoms with Crippen LogP contribution in [0.3, 0.4) is 0 Å². The number of benzene rings is 1. The lowest BCUT2D eigenvalue weighted by Crippen LogP contribution is -2.21. The van der Waals surface area contributed by atoms with Gasteiger partial charge in [-0.1, -0.05) is 0 Å². The summed E-state index contributed by atoms with van der Waals surface area (Å²) in [4.78, 5) is 20.5. The van der Waals surface area contributed by atoms with Gasteiger partial charge >= 0.3 is 0 Å². The molecule has 0 fully saturated rings. The Balaban J connectivity index is 1.71. The first kappa shape index (κ1) is 15.7. The molecule has 0 aliphatic heterocycles. The molecule has 4 rings (SSSR count). The second-order valence-electron chi connectivity index (χ2n) is 5.92. The van der Waals surface area contributed by atoms with Gasteiger partial charge in [-0.2, -0.15) is 0 Å². The zero-order valence-corrected chi connectivity index (χ0v) is 14.8. The minimum atomic E-state index is -0.0549. The average Bonchev–Trinajstić information content (AvgIpc) is 3.18.